The standard InChI is InChI=1S/C22H30N2O7S2/c1-13-8-17-21(26)24(22(27)31-12-14(2)33-32-7-6-28-3)16-10-19(30-5)18(29-4)9-15(16)20(25)23(17)11-13/h9-10,14,17,21,26H,1,6-8,11-12H2,2-5H3/t14-,17+,21?/m1/s1. The van der Waals surface area contributed by atoms with E-state index < -0.39 is 18.4 Å². The van der Waals surface area contributed by atoms with Crippen molar-refractivity contribution >= 4 is 39.3 Å². The average molecular weight is 499 g/mol. The first-order valence-electron chi connectivity index (χ1n) is 10.5. The SMILES string of the molecule is C=C1C[C@H]2C(O)N(C(=O)OC[C@@H](C)SSCCOC)c3cc(OC)c(OC)cc3C(=O)N2C1. The van der Waals surface area contributed by atoms with Gasteiger partial charge in [-0.25, -0.2) is 9.69 Å². The molecule has 1 N–H and O–H groups in total. The molecule has 182 valence electrons. The van der Waals surface area contributed by atoms with Crippen LogP contribution in [0.2, 0.25) is 0 Å². The zero-order chi connectivity index (χ0) is 24.1. The lowest BCUT2D eigenvalue weighted by molar-refractivity contribution is 0.0491. The molecule has 1 saturated heterocycles. The van der Waals surface area contributed by atoms with E-state index in [1.165, 1.54) is 31.3 Å². The second-order valence-electron chi connectivity index (χ2n) is 7.76. The normalized spacial score (nSPS) is 20.8. The van der Waals surface area contributed by atoms with Gasteiger partial charge >= 0.3 is 6.09 Å². The fourth-order valence-corrected chi connectivity index (χ4v) is 5.84. The molecule has 0 radical (unpaired) electrons. The van der Waals surface area contributed by atoms with Crippen LogP contribution in [0.1, 0.15) is 23.7 Å². The zero-order valence-electron chi connectivity index (χ0n) is 19.2. The molecule has 1 aromatic carbocycles. The van der Waals surface area contributed by atoms with Gasteiger partial charge in [0.2, 0.25) is 0 Å². The third-order valence-corrected chi connectivity index (χ3v) is 8.22. The van der Waals surface area contributed by atoms with Crippen LogP contribution in [0.4, 0.5) is 10.5 Å². The molecule has 0 aromatic heterocycles. The van der Waals surface area contributed by atoms with Gasteiger partial charge in [-0.3, -0.25) is 4.79 Å². The van der Waals surface area contributed by atoms with Crippen LogP contribution >= 0.6 is 21.6 Å². The van der Waals surface area contributed by atoms with Crippen molar-refractivity contribution in [2.24, 2.45) is 0 Å². The van der Waals surface area contributed by atoms with Gasteiger partial charge in [-0.05, 0) is 19.4 Å². The number of fused-ring (bicyclic) bond motifs is 2. The number of methoxy groups -OCH3 is 3. The zero-order valence-corrected chi connectivity index (χ0v) is 20.9. The van der Waals surface area contributed by atoms with E-state index in [9.17, 15) is 14.7 Å². The van der Waals surface area contributed by atoms with Crippen molar-refractivity contribution in [2.75, 3.05) is 51.7 Å². The summed E-state index contributed by atoms with van der Waals surface area (Å²) in [6.07, 6.45) is -1.65. The van der Waals surface area contributed by atoms with Crippen LogP contribution in [0, 0.1) is 0 Å². The second-order valence-corrected chi connectivity index (χ2v) is 10.7. The third-order valence-electron chi connectivity index (χ3n) is 5.39. The van der Waals surface area contributed by atoms with E-state index in [-0.39, 0.29) is 29.0 Å². The number of carbonyl (C=O) groups is 2. The number of aliphatic hydroxyl groups excluding tert-OH is 1. The molecular weight excluding hydrogens is 468 g/mol. The van der Waals surface area contributed by atoms with Gasteiger partial charge in [0.1, 0.15) is 6.61 Å². The molecule has 0 aliphatic carbocycles. The molecule has 0 saturated carbocycles. The Kier molecular flexibility index (Phi) is 8.80. The van der Waals surface area contributed by atoms with Crippen LogP contribution in [-0.2, 0) is 9.47 Å². The Hall–Kier alpha value is -2.08. The Labute approximate surface area is 201 Å². The van der Waals surface area contributed by atoms with Crippen molar-refractivity contribution in [2.45, 2.75) is 30.9 Å². The highest BCUT2D eigenvalue weighted by Gasteiger charge is 2.46. The largest absolute Gasteiger partial charge is 0.493 e. The first-order chi connectivity index (χ1) is 15.8. The summed E-state index contributed by atoms with van der Waals surface area (Å²) in [7, 11) is 7.81. The number of nitrogens with zero attached hydrogens (tertiary/aromatic N) is 2. The number of carbonyl (C=O) groups excluding carboxylic acids is 2. The minimum atomic E-state index is -1.31. The number of ether oxygens (including phenoxy) is 4. The lowest BCUT2D eigenvalue weighted by Crippen LogP contribution is -2.51. The van der Waals surface area contributed by atoms with E-state index in [0.29, 0.717) is 31.1 Å². The average Bonchev–Trinajstić information content (AvgIpc) is 3.18. The van der Waals surface area contributed by atoms with Crippen LogP contribution < -0.4 is 14.4 Å². The molecular formula is C22H30N2O7S2. The van der Waals surface area contributed by atoms with Crippen LogP contribution in [0.3, 0.4) is 0 Å². The van der Waals surface area contributed by atoms with E-state index >= 15 is 0 Å². The molecule has 11 heteroatoms. The van der Waals surface area contributed by atoms with Gasteiger partial charge in [-0.1, -0.05) is 33.7 Å². The van der Waals surface area contributed by atoms with E-state index in [1.54, 1.807) is 28.7 Å². The van der Waals surface area contributed by atoms with Gasteiger partial charge in [0, 0.05) is 30.7 Å². The minimum Gasteiger partial charge on any atom is -0.493 e. The fraction of sp³-hybridized carbons (Fsp3) is 0.545. The summed E-state index contributed by atoms with van der Waals surface area (Å²) in [5.41, 5.74) is 1.24. The lowest BCUT2D eigenvalue weighted by atomic mass is 10.1. The summed E-state index contributed by atoms with van der Waals surface area (Å²) in [5.74, 6) is 1.19. The number of amides is 2. The van der Waals surface area contributed by atoms with Gasteiger partial charge in [0.25, 0.3) is 5.91 Å². The van der Waals surface area contributed by atoms with Crippen molar-refractivity contribution in [3.63, 3.8) is 0 Å². The number of hydrogen-bond acceptors (Lipinski definition) is 9. The molecule has 1 fully saturated rings. The molecule has 1 unspecified atom stereocenters. The third kappa shape index (κ3) is 5.53. The molecule has 0 spiro atoms. The molecule has 2 aliphatic heterocycles. The Bertz CT molecular complexity index is 898. The maximum atomic E-state index is 13.4. The summed E-state index contributed by atoms with van der Waals surface area (Å²) in [6.45, 7) is 7.01. The first-order valence-corrected chi connectivity index (χ1v) is 12.9. The fourth-order valence-electron chi connectivity index (χ4n) is 3.80. The van der Waals surface area contributed by atoms with Gasteiger partial charge in [0.05, 0.1) is 38.1 Å². The van der Waals surface area contributed by atoms with Crippen molar-refractivity contribution < 1.29 is 33.6 Å². The number of rotatable bonds is 9. The summed E-state index contributed by atoms with van der Waals surface area (Å²) in [4.78, 5) is 29.3. The summed E-state index contributed by atoms with van der Waals surface area (Å²) >= 11 is 0. The minimum absolute atomic E-state index is 0.0224. The number of anilines is 1. The van der Waals surface area contributed by atoms with Crippen LogP contribution in [0.25, 0.3) is 0 Å². The molecule has 3 rings (SSSR count). The molecule has 2 aliphatic rings. The predicted octanol–water partition coefficient (Wildman–Crippen LogP) is 3.17. The van der Waals surface area contributed by atoms with Gasteiger partial charge in [0.15, 0.2) is 17.7 Å². The Balaban J connectivity index is 1.89. The van der Waals surface area contributed by atoms with E-state index in [1.807, 2.05) is 6.92 Å². The highest BCUT2D eigenvalue weighted by atomic mass is 33.1. The summed E-state index contributed by atoms with van der Waals surface area (Å²) in [5, 5.41) is 11.2. The first kappa shape index (κ1) is 25.5. The number of aliphatic hydroxyl groups is 1. The molecule has 0 bridgehead atoms. The smallest absolute Gasteiger partial charge is 0.416 e. The predicted molar refractivity (Wildman–Crippen MR) is 129 cm³/mol. The molecule has 2 amide bonds. The highest BCUT2D eigenvalue weighted by molar-refractivity contribution is 8.76. The molecule has 9 nitrogen and oxygen atoms in total. The van der Waals surface area contributed by atoms with Gasteiger partial charge in [-0.15, -0.1) is 0 Å². The quantitative estimate of drug-likeness (QED) is 0.313. The van der Waals surface area contributed by atoms with Crippen molar-refractivity contribution in [3.8, 4) is 11.5 Å². The molecule has 33 heavy (non-hydrogen) atoms. The van der Waals surface area contributed by atoms with Crippen LogP contribution in [-0.4, -0.2) is 86.4 Å². The lowest BCUT2D eigenvalue weighted by Gasteiger charge is -2.31. The number of hydrogen-bond donors (Lipinski definition) is 1. The molecule has 2 heterocycles. The summed E-state index contributed by atoms with van der Waals surface area (Å²) < 4.78 is 21.3. The topological polar surface area (TPSA) is 97.8 Å². The monoisotopic (exact) mass is 498 g/mol. The van der Waals surface area contributed by atoms with Crippen molar-refractivity contribution in [3.05, 3.63) is 29.8 Å². The van der Waals surface area contributed by atoms with E-state index in [0.717, 1.165) is 16.2 Å². The maximum Gasteiger partial charge on any atom is 0.416 e. The van der Waals surface area contributed by atoms with Crippen molar-refractivity contribution in [1.29, 1.82) is 0 Å². The van der Waals surface area contributed by atoms with Gasteiger partial charge in [-0.2, -0.15) is 0 Å². The highest BCUT2D eigenvalue weighted by Crippen LogP contribution is 2.41. The Morgan fingerprint density at radius 3 is 2.64 bits per heavy atom. The Morgan fingerprint density at radius 1 is 1.27 bits per heavy atom. The maximum absolute atomic E-state index is 13.4. The van der Waals surface area contributed by atoms with Crippen LogP contribution in [0.5, 0.6) is 11.5 Å². The number of benzene rings is 1. The van der Waals surface area contributed by atoms with E-state index in [2.05, 4.69) is 6.58 Å². The second kappa shape index (κ2) is 11.4. The van der Waals surface area contributed by atoms with Crippen LogP contribution in [0.15, 0.2) is 24.3 Å². The van der Waals surface area contributed by atoms with Gasteiger partial charge < -0.3 is 29.0 Å². The molecule has 1 aromatic rings. The summed E-state index contributed by atoms with van der Waals surface area (Å²) in [6, 6.07) is 2.42. The molecule has 3 atom stereocenters. The van der Waals surface area contributed by atoms with Crippen molar-refractivity contribution in [1.82, 2.24) is 4.90 Å². The Morgan fingerprint density at radius 2 is 1.97 bits per heavy atom. The van der Waals surface area contributed by atoms with E-state index in [4.69, 9.17) is 18.9 Å².